The number of carbonyl (C=O) groups is 2. The van der Waals surface area contributed by atoms with Crippen LogP contribution in [0.25, 0.3) is 10.2 Å². The molecule has 0 radical (unpaired) electrons. The predicted molar refractivity (Wildman–Crippen MR) is 140 cm³/mol. The molecule has 1 heterocycles. The highest BCUT2D eigenvalue weighted by atomic mass is 32.1. The van der Waals surface area contributed by atoms with Gasteiger partial charge in [0.05, 0.1) is 10.2 Å². The molecule has 2 N–H and O–H groups in total. The Hall–Kier alpha value is -3.91. The van der Waals surface area contributed by atoms with Crippen LogP contribution in [0.15, 0.2) is 66.7 Å². The maximum atomic E-state index is 12.3. The van der Waals surface area contributed by atoms with E-state index in [0.29, 0.717) is 22.3 Å². The van der Waals surface area contributed by atoms with Gasteiger partial charge in [-0.25, -0.2) is 4.98 Å². The van der Waals surface area contributed by atoms with Crippen molar-refractivity contribution in [3.8, 4) is 11.5 Å². The molecule has 0 aliphatic carbocycles. The highest BCUT2D eigenvalue weighted by Crippen LogP contribution is 2.28. The van der Waals surface area contributed by atoms with Gasteiger partial charge in [-0.2, -0.15) is 0 Å². The highest BCUT2D eigenvalue weighted by molar-refractivity contribution is 7.22. The summed E-state index contributed by atoms with van der Waals surface area (Å²) in [4.78, 5) is 29.0. The molecule has 0 aliphatic rings. The smallest absolute Gasteiger partial charge is 0.264 e. The number of amides is 2. The summed E-state index contributed by atoms with van der Waals surface area (Å²) in [7, 11) is 0. The molecule has 7 nitrogen and oxygen atoms in total. The van der Waals surface area contributed by atoms with Crippen molar-refractivity contribution < 1.29 is 19.1 Å². The molecule has 3 aromatic carbocycles. The average Bonchev–Trinajstić information content (AvgIpc) is 3.28. The fourth-order valence-electron chi connectivity index (χ4n) is 3.35. The summed E-state index contributed by atoms with van der Waals surface area (Å²) < 4.78 is 11.9. The lowest BCUT2D eigenvalue weighted by Gasteiger charge is -2.08. The number of thiazole rings is 1. The average molecular weight is 490 g/mol. The Morgan fingerprint density at radius 1 is 0.771 bits per heavy atom. The number of ether oxygens (including phenoxy) is 2. The maximum absolute atomic E-state index is 12.3. The van der Waals surface area contributed by atoms with Gasteiger partial charge < -0.3 is 14.8 Å². The van der Waals surface area contributed by atoms with Crippen LogP contribution >= 0.6 is 11.3 Å². The van der Waals surface area contributed by atoms with Crippen LogP contribution in [0.1, 0.15) is 25.0 Å². The van der Waals surface area contributed by atoms with Crippen LogP contribution in [0.4, 0.5) is 10.8 Å². The summed E-state index contributed by atoms with van der Waals surface area (Å²) in [6.45, 7) is 3.97. The minimum atomic E-state index is -0.290. The molecule has 0 saturated carbocycles. The Morgan fingerprint density at radius 2 is 1.31 bits per heavy atom. The molecule has 0 bridgehead atoms. The maximum Gasteiger partial charge on any atom is 0.264 e. The van der Waals surface area contributed by atoms with E-state index in [-0.39, 0.29) is 25.0 Å². The molecule has 0 aliphatic heterocycles. The fraction of sp³-hybridized carbons (Fsp3) is 0.222. The van der Waals surface area contributed by atoms with Crippen LogP contribution in [0, 0.1) is 0 Å². The Kier molecular flexibility index (Phi) is 7.95. The van der Waals surface area contributed by atoms with Crippen LogP contribution in [0.5, 0.6) is 11.5 Å². The molecular formula is C27H27N3O4S. The number of aromatic nitrogens is 1. The fourth-order valence-corrected chi connectivity index (χ4v) is 4.27. The molecule has 8 heteroatoms. The molecule has 0 unspecified atom stereocenters. The minimum absolute atomic E-state index is 0.0886. The van der Waals surface area contributed by atoms with Gasteiger partial charge in [-0.3, -0.25) is 14.9 Å². The number of aryl methyl sites for hydroxylation is 2. The van der Waals surface area contributed by atoms with Crippen molar-refractivity contribution in [2.24, 2.45) is 0 Å². The van der Waals surface area contributed by atoms with Crippen molar-refractivity contribution in [2.45, 2.75) is 26.7 Å². The molecule has 0 saturated heterocycles. The first-order chi connectivity index (χ1) is 17.0. The summed E-state index contributed by atoms with van der Waals surface area (Å²) in [6, 6.07) is 20.7. The van der Waals surface area contributed by atoms with E-state index in [1.54, 1.807) is 12.1 Å². The second-order valence-corrected chi connectivity index (χ2v) is 8.90. The van der Waals surface area contributed by atoms with Crippen molar-refractivity contribution in [1.29, 1.82) is 0 Å². The zero-order chi connectivity index (χ0) is 24.6. The zero-order valence-corrected chi connectivity index (χ0v) is 20.5. The Balaban J connectivity index is 1.28. The molecule has 4 rings (SSSR count). The first kappa shape index (κ1) is 24.2. The number of hydrogen-bond acceptors (Lipinski definition) is 6. The Bertz CT molecular complexity index is 1240. The molecular weight excluding hydrogens is 462 g/mol. The summed E-state index contributed by atoms with van der Waals surface area (Å²) in [5.41, 5.74) is 3.78. The standard InChI is InChI=1S/C27H27N3O4S/c1-3-18-5-10-21(11-6-18)33-16-25(31)28-20-9-14-23-24(15-20)35-27(29-23)30-26(32)17-34-22-12-7-19(4-2)8-13-22/h5-15H,3-4,16-17H2,1-2H3,(H,28,31)(H,29,30,32). The third-order valence-corrected chi connectivity index (χ3v) is 6.26. The van der Waals surface area contributed by atoms with Gasteiger partial charge in [-0.1, -0.05) is 49.4 Å². The lowest BCUT2D eigenvalue weighted by atomic mass is 10.2. The molecule has 35 heavy (non-hydrogen) atoms. The SMILES string of the molecule is CCc1ccc(OCC(=O)Nc2ccc3nc(NC(=O)COc4ccc(CC)cc4)sc3c2)cc1. The molecule has 0 atom stereocenters. The van der Waals surface area contributed by atoms with Crippen molar-refractivity contribution in [3.05, 3.63) is 77.9 Å². The third-order valence-electron chi connectivity index (χ3n) is 5.32. The van der Waals surface area contributed by atoms with E-state index >= 15 is 0 Å². The van der Waals surface area contributed by atoms with Gasteiger partial charge in [-0.15, -0.1) is 0 Å². The first-order valence-electron chi connectivity index (χ1n) is 11.5. The lowest BCUT2D eigenvalue weighted by Crippen LogP contribution is -2.20. The second kappa shape index (κ2) is 11.5. The van der Waals surface area contributed by atoms with Crippen molar-refractivity contribution >= 4 is 44.2 Å². The molecule has 2 amide bonds. The molecule has 0 spiro atoms. The Morgan fingerprint density at radius 3 is 1.86 bits per heavy atom. The van der Waals surface area contributed by atoms with Gasteiger partial charge in [0.2, 0.25) is 0 Å². The van der Waals surface area contributed by atoms with Crippen molar-refractivity contribution in [3.63, 3.8) is 0 Å². The van der Waals surface area contributed by atoms with Crippen molar-refractivity contribution in [2.75, 3.05) is 23.8 Å². The van der Waals surface area contributed by atoms with E-state index < -0.39 is 0 Å². The second-order valence-electron chi connectivity index (χ2n) is 7.87. The zero-order valence-electron chi connectivity index (χ0n) is 19.7. The lowest BCUT2D eigenvalue weighted by molar-refractivity contribution is -0.118. The summed E-state index contributed by atoms with van der Waals surface area (Å²) >= 11 is 1.33. The Labute approximate surface area is 208 Å². The van der Waals surface area contributed by atoms with Gasteiger partial charge in [0, 0.05) is 5.69 Å². The highest BCUT2D eigenvalue weighted by Gasteiger charge is 2.11. The van der Waals surface area contributed by atoms with Crippen molar-refractivity contribution in [1.82, 2.24) is 4.98 Å². The van der Waals surface area contributed by atoms with Gasteiger partial charge in [0.15, 0.2) is 18.3 Å². The number of hydrogen-bond donors (Lipinski definition) is 2. The number of fused-ring (bicyclic) bond motifs is 1. The number of anilines is 2. The van der Waals surface area contributed by atoms with Gasteiger partial charge in [-0.05, 0) is 66.4 Å². The van der Waals surface area contributed by atoms with E-state index in [1.165, 1.54) is 22.5 Å². The number of carbonyl (C=O) groups excluding carboxylic acids is 2. The molecule has 180 valence electrons. The van der Waals surface area contributed by atoms with Crippen LogP contribution < -0.4 is 20.1 Å². The summed E-state index contributed by atoms with van der Waals surface area (Å²) in [6.07, 6.45) is 1.90. The van der Waals surface area contributed by atoms with E-state index in [9.17, 15) is 9.59 Å². The topological polar surface area (TPSA) is 89.5 Å². The van der Waals surface area contributed by atoms with Gasteiger partial charge in [0.1, 0.15) is 11.5 Å². The van der Waals surface area contributed by atoms with Gasteiger partial charge >= 0.3 is 0 Å². The molecule has 1 aromatic heterocycles. The van der Waals surface area contributed by atoms with Crippen LogP contribution in [0.3, 0.4) is 0 Å². The van der Waals surface area contributed by atoms with E-state index in [1.807, 2.05) is 54.6 Å². The number of rotatable bonds is 10. The van der Waals surface area contributed by atoms with Crippen LogP contribution in [-0.4, -0.2) is 30.0 Å². The number of nitrogens with zero attached hydrogens (tertiary/aromatic N) is 1. The van der Waals surface area contributed by atoms with Crippen LogP contribution in [0.2, 0.25) is 0 Å². The predicted octanol–water partition coefficient (Wildman–Crippen LogP) is 5.46. The monoisotopic (exact) mass is 489 g/mol. The van der Waals surface area contributed by atoms with E-state index in [4.69, 9.17) is 9.47 Å². The quantitative estimate of drug-likeness (QED) is 0.309. The van der Waals surface area contributed by atoms with Gasteiger partial charge in [0.25, 0.3) is 11.8 Å². The number of benzene rings is 3. The molecule has 4 aromatic rings. The third kappa shape index (κ3) is 6.80. The minimum Gasteiger partial charge on any atom is -0.484 e. The van der Waals surface area contributed by atoms with Crippen LogP contribution in [-0.2, 0) is 22.4 Å². The number of nitrogens with one attached hydrogen (secondary N) is 2. The normalized spacial score (nSPS) is 10.7. The van der Waals surface area contributed by atoms with E-state index in [0.717, 1.165) is 23.1 Å². The summed E-state index contributed by atoms with van der Waals surface area (Å²) in [5.74, 6) is 0.744. The largest absolute Gasteiger partial charge is 0.484 e. The van der Waals surface area contributed by atoms with E-state index in [2.05, 4.69) is 29.5 Å². The first-order valence-corrected chi connectivity index (χ1v) is 12.3. The summed E-state index contributed by atoms with van der Waals surface area (Å²) in [5, 5.41) is 6.07. The molecule has 0 fully saturated rings.